The zero-order chi connectivity index (χ0) is 21.8. The molecule has 0 radical (unpaired) electrons. The van der Waals surface area contributed by atoms with Gasteiger partial charge in [0.2, 0.25) is 0 Å². The molecule has 0 aliphatic carbocycles. The summed E-state index contributed by atoms with van der Waals surface area (Å²) in [5, 5.41) is 2.86. The molecule has 5 heteroatoms. The fourth-order valence-electron chi connectivity index (χ4n) is 3.37. The standard InChI is InChI=1S/C26H26N2O3/c1-17(2)20-10-13-24-22(15-20)28-26(31-24)14-19-8-11-21(12-9-19)27-25(29)16-30-23-7-5-4-6-18(23)3/h4-13,15,17H,14,16H2,1-3H3,(H,27,29). The molecule has 4 rings (SSSR count). The number of nitrogens with zero attached hydrogens (tertiary/aromatic N) is 1. The number of hydrogen-bond donors (Lipinski definition) is 1. The van der Waals surface area contributed by atoms with E-state index >= 15 is 0 Å². The number of rotatable bonds is 7. The van der Waals surface area contributed by atoms with Crippen molar-refractivity contribution in [2.24, 2.45) is 0 Å². The van der Waals surface area contributed by atoms with Crippen molar-refractivity contribution in [2.75, 3.05) is 11.9 Å². The topological polar surface area (TPSA) is 64.4 Å². The highest BCUT2D eigenvalue weighted by molar-refractivity contribution is 5.91. The Morgan fingerprint density at radius 2 is 1.84 bits per heavy atom. The molecule has 1 N–H and O–H groups in total. The number of hydrogen-bond acceptors (Lipinski definition) is 4. The number of oxazole rings is 1. The molecule has 0 spiro atoms. The molecule has 0 aliphatic rings. The predicted octanol–water partition coefficient (Wildman–Crippen LogP) is 5.87. The summed E-state index contributed by atoms with van der Waals surface area (Å²) in [6.45, 7) is 6.24. The van der Waals surface area contributed by atoms with Crippen molar-refractivity contribution in [1.29, 1.82) is 0 Å². The zero-order valence-electron chi connectivity index (χ0n) is 18.0. The lowest BCUT2D eigenvalue weighted by Crippen LogP contribution is -2.20. The number of fused-ring (bicyclic) bond motifs is 1. The first kappa shape index (κ1) is 20.7. The fraction of sp³-hybridized carbons (Fsp3) is 0.231. The van der Waals surface area contributed by atoms with Crippen LogP contribution >= 0.6 is 0 Å². The van der Waals surface area contributed by atoms with Crippen LogP contribution in [0.2, 0.25) is 0 Å². The number of aromatic nitrogens is 1. The summed E-state index contributed by atoms with van der Waals surface area (Å²) in [4.78, 5) is 16.8. The van der Waals surface area contributed by atoms with Gasteiger partial charge in [-0.2, -0.15) is 0 Å². The molecule has 5 nitrogen and oxygen atoms in total. The first-order chi connectivity index (χ1) is 15.0. The highest BCUT2D eigenvalue weighted by Gasteiger charge is 2.10. The lowest BCUT2D eigenvalue weighted by molar-refractivity contribution is -0.118. The van der Waals surface area contributed by atoms with Crippen molar-refractivity contribution < 1.29 is 13.9 Å². The highest BCUT2D eigenvalue weighted by atomic mass is 16.5. The first-order valence-corrected chi connectivity index (χ1v) is 10.4. The van der Waals surface area contributed by atoms with Crippen LogP contribution in [0.4, 0.5) is 5.69 Å². The average Bonchev–Trinajstić information content (AvgIpc) is 3.16. The molecule has 1 amide bonds. The molecule has 0 unspecified atom stereocenters. The van der Waals surface area contributed by atoms with Crippen LogP contribution in [0.15, 0.2) is 71.1 Å². The van der Waals surface area contributed by atoms with Gasteiger partial charge in [-0.1, -0.05) is 50.2 Å². The minimum Gasteiger partial charge on any atom is -0.483 e. The van der Waals surface area contributed by atoms with E-state index in [9.17, 15) is 4.79 Å². The van der Waals surface area contributed by atoms with E-state index in [0.717, 1.165) is 27.9 Å². The van der Waals surface area contributed by atoms with Gasteiger partial charge in [-0.05, 0) is 59.9 Å². The van der Waals surface area contributed by atoms with Gasteiger partial charge in [-0.3, -0.25) is 4.79 Å². The van der Waals surface area contributed by atoms with Crippen LogP contribution < -0.4 is 10.1 Å². The molecule has 0 fully saturated rings. The normalized spacial score (nSPS) is 11.1. The van der Waals surface area contributed by atoms with Crippen molar-refractivity contribution in [3.8, 4) is 5.75 Å². The summed E-state index contributed by atoms with van der Waals surface area (Å²) in [6, 6.07) is 21.5. The maximum Gasteiger partial charge on any atom is 0.262 e. The second-order valence-electron chi connectivity index (χ2n) is 7.97. The maximum atomic E-state index is 12.2. The van der Waals surface area contributed by atoms with Crippen LogP contribution in [-0.4, -0.2) is 17.5 Å². The number of para-hydroxylation sites is 1. The van der Waals surface area contributed by atoms with Gasteiger partial charge in [-0.25, -0.2) is 4.98 Å². The van der Waals surface area contributed by atoms with Crippen LogP contribution in [0.1, 0.15) is 42.3 Å². The first-order valence-electron chi connectivity index (χ1n) is 10.4. The number of amides is 1. The second kappa shape index (κ2) is 9.04. The minimum absolute atomic E-state index is 0.0339. The SMILES string of the molecule is Cc1ccccc1OCC(=O)Nc1ccc(Cc2nc3cc(C(C)C)ccc3o2)cc1. The monoisotopic (exact) mass is 414 g/mol. The van der Waals surface area contributed by atoms with Crippen LogP contribution in [0.3, 0.4) is 0 Å². The summed E-state index contributed by atoms with van der Waals surface area (Å²) in [6.07, 6.45) is 0.594. The molecule has 4 aromatic rings. The third-order valence-corrected chi connectivity index (χ3v) is 5.17. The Balaban J connectivity index is 1.35. The van der Waals surface area contributed by atoms with Gasteiger partial charge in [0.15, 0.2) is 18.1 Å². The molecular weight excluding hydrogens is 388 g/mol. The van der Waals surface area contributed by atoms with Gasteiger partial charge >= 0.3 is 0 Å². The Kier molecular flexibility index (Phi) is 6.03. The van der Waals surface area contributed by atoms with Gasteiger partial charge < -0.3 is 14.5 Å². The third-order valence-electron chi connectivity index (χ3n) is 5.17. The number of benzene rings is 3. The van der Waals surface area contributed by atoms with Crippen molar-refractivity contribution in [1.82, 2.24) is 4.98 Å². The minimum atomic E-state index is -0.198. The van der Waals surface area contributed by atoms with Crippen molar-refractivity contribution >= 4 is 22.7 Å². The average molecular weight is 415 g/mol. The fourth-order valence-corrected chi connectivity index (χ4v) is 3.37. The van der Waals surface area contributed by atoms with Crippen molar-refractivity contribution in [3.05, 3.63) is 89.3 Å². The van der Waals surface area contributed by atoms with Gasteiger partial charge in [-0.15, -0.1) is 0 Å². The molecule has 1 heterocycles. The van der Waals surface area contributed by atoms with E-state index in [1.54, 1.807) is 0 Å². The van der Waals surface area contributed by atoms with Crippen LogP contribution in [-0.2, 0) is 11.2 Å². The Bertz CT molecular complexity index is 1190. The van der Waals surface area contributed by atoms with Gasteiger partial charge in [0, 0.05) is 12.1 Å². The molecule has 0 atom stereocenters. The van der Waals surface area contributed by atoms with E-state index in [-0.39, 0.29) is 12.5 Å². The van der Waals surface area contributed by atoms with Gasteiger partial charge in [0.05, 0.1) is 0 Å². The van der Waals surface area contributed by atoms with E-state index in [1.165, 1.54) is 5.56 Å². The third kappa shape index (κ3) is 5.12. The lowest BCUT2D eigenvalue weighted by atomic mass is 10.0. The molecule has 0 saturated carbocycles. The van der Waals surface area contributed by atoms with Crippen LogP contribution in [0.25, 0.3) is 11.1 Å². The Hall–Kier alpha value is -3.60. The number of aryl methyl sites for hydroxylation is 1. The predicted molar refractivity (Wildman–Crippen MR) is 123 cm³/mol. The summed E-state index contributed by atoms with van der Waals surface area (Å²) in [5.41, 5.74) is 5.72. The van der Waals surface area contributed by atoms with Crippen molar-refractivity contribution in [3.63, 3.8) is 0 Å². The molecule has 1 aromatic heterocycles. The molecular formula is C26H26N2O3. The van der Waals surface area contributed by atoms with E-state index in [1.807, 2.05) is 61.5 Å². The Morgan fingerprint density at radius 3 is 2.58 bits per heavy atom. The van der Waals surface area contributed by atoms with Gasteiger partial charge in [0.1, 0.15) is 11.3 Å². The number of anilines is 1. The molecule has 3 aromatic carbocycles. The summed E-state index contributed by atoms with van der Waals surface area (Å²) < 4.78 is 11.5. The number of nitrogens with one attached hydrogen (secondary N) is 1. The Labute approximate surface area is 182 Å². The van der Waals surface area contributed by atoms with Crippen LogP contribution in [0, 0.1) is 6.92 Å². The van der Waals surface area contributed by atoms with E-state index in [4.69, 9.17) is 9.15 Å². The maximum absolute atomic E-state index is 12.2. The Morgan fingerprint density at radius 1 is 1.06 bits per heavy atom. The molecule has 0 saturated heterocycles. The largest absolute Gasteiger partial charge is 0.483 e. The summed E-state index contributed by atoms with van der Waals surface area (Å²) in [5.74, 6) is 1.65. The van der Waals surface area contributed by atoms with Gasteiger partial charge in [0.25, 0.3) is 5.91 Å². The second-order valence-corrected chi connectivity index (χ2v) is 7.97. The quantitative estimate of drug-likeness (QED) is 0.411. The number of carbonyl (C=O) groups excluding carboxylic acids is 1. The zero-order valence-corrected chi connectivity index (χ0v) is 18.0. The van der Waals surface area contributed by atoms with Crippen LogP contribution in [0.5, 0.6) is 5.75 Å². The number of ether oxygens (including phenoxy) is 1. The summed E-state index contributed by atoms with van der Waals surface area (Å²) >= 11 is 0. The highest BCUT2D eigenvalue weighted by Crippen LogP contribution is 2.23. The van der Waals surface area contributed by atoms with E-state index in [0.29, 0.717) is 24.0 Å². The van der Waals surface area contributed by atoms with Crippen molar-refractivity contribution in [2.45, 2.75) is 33.1 Å². The van der Waals surface area contributed by atoms with E-state index in [2.05, 4.69) is 36.3 Å². The molecule has 0 bridgehead atoms. The molecule has 158 valence electrons. The smallest absolute Gasteiger partial charge is 0.262 e. The number of carbonyl (C=O) groups is 1. The van der Waals surface area contributed by atoms with E-state index < -0.39 is 0 Å². The summed E-state index contributed by atoms with van der Waals surface area (Å²) in [7, 11) is 0. The molecule has 31 heavy (non-hydrogen) atoms. The molecule has 0 aliphatic heterocycles. The lowest BCUT2D eigenvalue weighted by Gasteiger charge is -2.09.